The van der Waals surface area contributed by atoms with E-state index in [1.807, 2.05) is 6.07 Å². The Morgan fingerprint density at radius 2 is 1.94 bits per heavy atom. The van der Waals surface area contributed by atoms with Gasteiger partial charge in [-0.05, 0) is 30.1 Å². The number of aliphatic hydroxyl groups is 2. The summed E-state index contributed by atoms with van der Waals surface area (Å²) in [4.78, 5) is 29.9. The molecule has 166 valence electrons. The van der Waals surface area contributed by atoms with Gasteiger partial charge in [0.2, 0.25) is 11.8 Å². The fourth-order valence-electron chi connectivity index (χ4n) is 3.02. The van der Waals surface area contributed by atoms with Crippen molar-refractivity contribution in [2.45, 2.75) is 11.5 Å². The molecular formula is C19H20F2N4O5S. The molecular weight excluding hydrogens is 434 g/mol. The number of pyridine rings is 1. The van der Waals surface area contributed by atoms with Crippen LogP contribution in [-0.4, -0.2) is 75.6 Å². The maximum atomic E-state index is 12.6. The number of alkyl halides is 2. The second-order valence-corrected chi connectivity index (χ2v) is 7.61. The average Bonchev–Trinajstić information content (AvgIpc) is 2.72. The van der Waals surface area contributed by atoms with E-state index in [0.717, 1.165) is 10.3 Å². The minimum Gasteiger partial charge on any atom is -0.481 e. The summed E-state index contributed by atoms with van der Waals surface area (Å²) in [6.07, 6.45) is 1.99. The quantitative estimate of drug-likeness (QED) is 0.331. The first-order valence-electron chi connectivity index (χ1n) is 9.24. The molecule has 1 aromatic carbocycles. The van der Waals surface area contributed by atoms with Crippen molar-refractivity contribution in [1.29, 1.82) is 0 Å². The Balaban J connectivity index is 1.57. The van der Waals surface area contributed by atoms with Gasteiger partial charge < -0.3 is 25.2 Å². The Morgan fingerprint density at radius 3 is 2.61 bits per heavy atom. The van der Waals surface area contributed by atoms with Crippen molar-refractivity contribution in [2.24, 2.45) is 0 Å². The van der Waals surface area contributed by atoms with E-state index in [1.54, 1.807) is 23.1 Å². The lowest BCUT2D eigenvalue weighted by Gasteiger charge is -2.34. The third-order valence-corrected chi connectivity index (χ3v) is 5.60. The smallest absolute Gasteiger partial charge is 0.388 e. The number of hydrogen-bond donors (Lipinski definition) is 3. The minimum absolute atomic E-state index is 0.128. The number of ether oxygens (including phenoxy) is 1. The summed E-state index contributed by atoms with van der Waals surface area (Å²) in [5.74, 6) is -2.32. The SMILES string of the molecule is O=C(C=C(O)O)NCC(=O)N1CCN(Sc2cccc3c(OC(F)F)nccc23)CC1. The third-order valence-electron chi connectivity index (χ3n) is 4.42. The lowest BCUT2D eigenvalue weighted by atomic mass is 10.2. The van der Waals surface area contributed by atoms with E-state index in [9.17, 15) is 18.4 Å². The molecule has 0 atom stereocenters. The van der Waals surface area contributed by atoms with Crippen LogP contribution in [0, 0.1) is 0 Å². The molecule has 0 unspecified atom stereocenters. The van der Waals surface area contributed by atoms with E-state index in [1.165, 1.54) is 18.1 Å². The van der Waals surface area contributed by atoms with Gasteiger partial charge in [-0.15, -0.1) is 0 Å². The standard InChI is InChI=1S/C19H20F2N4O5S/c20-19(21)30-18-13-2-1-3-14(12(13)4-5-22-18)31-25-8-6-24(7-9-25)16(27)11-23-15(26)10-17(28)29/h1-5,10,19,28-29H,6-9,11H2,(H,23,26). The molecule has 0 bridgehead atoms. The number of aromatic nitrogens is 1. The van der Waals surface area contributed by atoms with Crippen molar-refractivity contribution >= 4 is 34.5 Å². The van der Waals surface area contributed by atoms with E-state index in [0.29, 0.717) is 37.6 Å². The second kappa shape index (κ2) is 10.3. The zero-order valence-electron chi connectivity index (χ0n) is 16.2. The maximum Gasteiger partial charge on any atom is 0.388 e. The highest BCUT2D eigenvalue weighted by atomic mass is 32.2. The topological polar surface area (TPSA) is 115 Å². The van der Waals surface area contributed by atoms with E-state index in [4.69, 9.17) is 10.2 Å². The van der Waals surface area contributed by atoms with Crippen LogP contribution in [0.15, 0.2) is 47.4 Å². The molecule has 1 fully saturated rings. The third kappa shape index (κ3) is 6.18. The van der Waals surface area contributed by atoms with E-state index < -0.39 is 18.5 Å². The second-order valence-electron chi connectivity index (χ2n) is 6.47. The highest BCUT2D eigenvalue weighted by Gasteiger charge is 2.22. The van der Waals surface area contributed by atoms with Gasteiger partial charge >= 0.3 is 6.61 Å². The highest BCUT2D eigenvalue weighted by molar-refractivity contribution is 7.97. The number of nitrogens with zero attached hydrogens (tertiary/aromatic N) is 3. The van der Waals surface area contributed by atoms with E-state index >= 15 is 0 Å². The summed E-state index contributed by atoms with van der Waals surface area (Å²) in [5.41, 5.74) is 0. The number of rotatable bonds is 7. The monoisotopic (exact) mass is 454 g/mol. The van der Waals surface area contributed by atoms with Gasteiger partial charge in [-0.1, -0.05) is 6.07 Å². The molecule has 3 N–H and O–H groups in total. The molecule has 31 heavy (non-hydrogen) atoms. The number of nitrogens with one attached hydrogen (secondary N) is 1. The molecule has 1 aliphatic rings. The predicted molar refractivity (Wildman–Crippen MR) is 109 cm³/mol. The number of carbonyl (C=O) groups is 2. The van der Waals surface area contributed by atoms with Crippen LogP contribution in [-0.2, 0) is 9.59 Å². The molecule has 2 heterocycles. The van der Waals surface area contributed by atoms with Crippen LogP contribution in [0.25, 0.3) is 10.8 Å². The zero-order valence-corrected chi connectivity index (χ0v) is 17.0. The Hall–Kier alpha value is -3.12. The lowest BCUT2D eigenvalue weighted by molar-refractivity contribution is -0.133. The minimum atomic E-state index is -2.96. The largest absolute Gasteiger partial charge is 0.481 e. The van der Waals surface area contributed by atoms with Crippen molar-refractivity contribution in [1.82, 2.24) is 19.5 Å². The molecule has 3 rings (SSSR count). The van der Waals surface area contributed by atoms with Crippen LogP contribution in [0.4, 0.5) is 8.78 Å². The van der Waals surface area contributed by atoms with Gasteiger partial charge in [0.1, 0.15) is 0 Å². The molecule has 2 amide bonds. The van der Waals surface area contributed by atoms with Gasteiger partial charge in [-0.25, -0.2) is 9.29 Å². The molecule has 1 aliphatic heterocycles. The molecule has 0 aliphatic carbocycles. The zero-order chi connectivity index (χ0) is 22.4. The van der Waals surface area contributed by atoms with Gasteiger partial charge in [-0.3, -0.25) is 9.59 Å². The van der Waals surface area contributed by atoms with Gasteiger partial charge in [0, 0.05) is 48.0 Å². The summed E-state index contributed by atoms with van der Waals surface area (Å²) in [7, 11) is 0. The highest BCUT2D eigenvalue weighted by Crippen LogP contribution is 2.34. The first-order chi connectivity index (χ1) is 14.8. The number of fused-ring (bicyclic) bond motifs is 1. The lowest BCUT2D eigenvalue weighted by Crippen LogP contribution is -2.49. The molecule has 2 aromatic rings. The normalized spacial score (nSPS) is 14.5. The fourth-order valence-corrected chi connectivity index (χ4v) is 4.06. The van der Waals surface area contributed by atoms with Crippen LogP contribution >= 0.6 is 11.9 Å². The average molecular weight is 454 g/mol. The van der Waals surface area contributed by atoms with Crippen molar-refractivity contribution in [2.75, 3.05) is 32.7 Å². The van der Waals surface area contributed by atoms with Crippen molar-refractivity contribution in [3.8, 4) is 5.88 Å². The summed E-state index contributed by atoms with van der Waals surface area (Å²) < 4.78 is 31.8. The van der Waals surface area contributed by atoms with E-state index in [2.05, 4.69) is 19.3 Å². The molecule has 0 spiro atoms. The van der Waals surface area contributed by atoms with Crippen molar-refractivity contribution < 1.29 is 33.3 Å². The number of halogens is 2. The molecule has 1 saturated heterocycles. The van der Waals surface area contributed by atoms with Crippen LogP contribution in [0.2, 0.25) is 0 Å². The van der Waals surface area contributed by atoms with Crippen LogP contribution in [0.5, 0.6) is 5.88 Å². The Morgan fingerprint density at radius 1 is 1.19 bits per heavy atom. The van der Waals surface area contributed by atoms with Gasteiger partial charge in [0.05, 0.1) is 12.6 Å². The van der Waals surface area contributed by atoms with Crippen LogP contribution in [0.3, 0.4) is 0 Å². The summed E-state index contributed by atoms with van der Waals surface area (Å²) in [5, 5.41) is 20.7. The summed E-state index contributed by atoms with van der Waals surface area (Å²) in [6, 6.07) is 7.01. The number of hydrogen-bond acceptors (Lipinski definition) is 8. The molecule has 0 radical (unpaired) electrons. The maximum absolute atomic E-state index is 12.6. The van der Waals surface area contributed by atoms with Gasteiger partial charge in [0.15, 0.2) is 0 Å². The summed E-state index contributed by atoms with van der Waals surface area (Å²) in [6.45, 7) is -1.22. The van der Waals surface area contributed by atoms with Crippen LogP contribution < -0.4 is 10.1 Å². The molecule has 9 nitrogen and oxygen atoms in total. The Bertz CT molecular complexity index is 979. The summed E-state index contributed by atoms with van der Waals surface area (Å²) >= 11 is 1.45. The molecule has 12 heteroatoms. The Kier molecular flexibility index (Phi) is 7.47. The molecule has 0 saturated carbocycles. The van der Waals surface area contributed by atoms with Gasteiger partial charge in [0.25, 0.3) is 11.9 Å². The Labute approximate surface area is 180 Å². The van der Waals surface area contributed by atoms with Crippen molar-refractivity contribution in [3.05, 3.63) is 42.5 Å². The number of amides is 2. The first kappa shape index (κ1) is 22.6. The van der Waals surface area contributed by atoms with Gasteiger partial charge in [-0.2, -0.15) is 8.78 Å². The number of benzene rings is 1. The predicted octanol–water partition coefficient (Wildman–Crippen LogP) is 2.06. The molecule has 1 aromatic heterocycles. The first-order valence-corrected chi connectivity index (χ1v) is 10.0. The fraction of sp³-hybridized carbons (Fsp3) is 0.316. The van der Waals surface area contributed by atoms with Crippen molar-refractivity contribution in [3.63, 3.8) is 0 Å². The number of carbonyl (C=O) groups excluding carboxylic acids is 2. The number of piperazine rings is 1. The number of aliphatic hydroxyl groups excluding tert-OH is 1. The van der Waals surface area contributed by atoms with Crippen LogP contribution in [0.1, 0.15) is 0 Å². The van der Waals surface area contributed by atoms with E-state index in [-0.39, 0.29) is 18.3 Å².